The molecule has 1 atom stereocenters. The summed E-state index contributed by atoms with van der Waals surface area (Å²) in [6.07, 6.45) is 2.01. The molecule has 1 N–H and O–H groups in total. The van der Waals surface area contributed by atoms with E-state index in [4.69, 9.17) is 4.42 Å². The summed E-state index contributed by atoms with van der Waals surface area (Å²) in [5, 5.41) is 3.22. The fourth-order valence-corrected chi connectivity index (χ4v) is 2.45. The Morgan fingerprint density at radius 3 is 3.29 bits per heavy atom. The highest BCUT2D eigenvalue weighted by Gasteiger charge is 2.21. The maximum atomic E-state index is 11.7. The third-order valence-electron chi connectivity index (χ3n) is 2.24. The summed E-state index contributed by atoms with van der Waals surface area (Å²) in [7, 11) is 0. The standard InChI is InChI=1S/C10H13NO2S/c12-10(6-8-2-1-4-13-8)9-7-14-5-3-11-9/h1-2,4,9,11H,3,5-7H2. The van der Waals surface area contributed by atoms with Crippen LogP contribution in [0.4, 0.5) is 0 Å². The van der Waals surface area contributed by atoms with Gasteiger partial charge in [-0.2, -0.15) is 11.8 Å². The van der Waals surface area contributed by atoms with Gasteiger partial charge in [0.1, 0.15) is 5.76 Å². The number of thioether (sulfide) groups is 1. The lowest BCUT2D eigenvalue weighted by Crippen LogP contribution is -2.44. The molecule has 14 heavy (non-hydrogen) atoms. The van der Waals surface area contributed by atoms with Crippen LogP contribution in [0.15, 0.2) is 22.8 Å². The van der Waals surface area contributed by atoms with E-state index in [1.807, 2.05) is 23.9 Å². The molecule has 0 amide bonds. The number of hydrogen-bond acceptors (Lipinski definition) is 4. The number of Topliss-reactive ketones (excluding diaryl/α,β-unsaturated/α-hetero) is 1. The van der Waals surface area contributed by atoms with E-state index < -0.39 is 0 Å². The van der Waals surface area contributed by atoms with E-state index in [1.54, 1.807) is 6.26 Å². The van der Waals surface area contributed by atoms with Gasteiger partial charge in [-0.25, -0.2) is 0 Å². The number of furan rings is 1. The summed E-state index contributed by atoms with van der Waals surface area (Å²) in [5.41, 5.74) is 0. The monoisotopic (exact) mass is 211 g/mol. The van der Waals surface area contributed by atoms with Crippen LogP contribution in [0.5, 0.6) is 0 Å². The average Bonchev–Trinajstić information content (AvgIpc) is 2.72. The molecule has 0 spiro atoms. The van der Waals surface area contributed by atoms with Gasteiger partial charge in [0, 0.05) is 18.1 Å². The summed E-state index contributed by atoms with van der Waals surface area (Å²) < 4.78 is 5.14. The smallest absolute Gasteiger partial charge is 0.158 e. The quantitative estimate of drug-likeness (QED) is 0.813. The van der Waals surface area contributed by atoms with Gasteiger partial charge in [0.15, 0.2) is 5.78 Å². The summed E-state index contributed by atoms with van der Waals surface area (Å²) >= 11 is 1.83. The van der Waals surface area contributed by atoms with E-state index in [-0.39, 0.29) is 11.8 Å². The minimum absolute atomic E-state index is 0.0128. The minimum Gasteiger partial charge on any atom is -0.469 e. The first-order valence-electron chi connectivity index (χ1n) is 4.72. The Kier molecular flexibility index (Phi) is 3.26. The summed E-state index contributed by atoms with van der Waals surface area (Å²) in [6, 6.07) is 3.67. The first-order chi connectivity index (χ1) is 6.86. The molecule has 0 bridgehead atoms. The fraction of sp³-hybridized carbons (Fsp3) is 0.500. The Bertz CT molecular complexity index is 291. The lowest BCUT2D eigenvalue weighted by molar-refractivity contribution is -0.120. The van der Waals surface area contributed by atoms with Crippen LogP contribution < -0.4 is 5.32 Å². The van der Waals surface area contributed by atoms with Crippen LogP contribution in [0.3, 0.4) is 0 Å². The van der Waals surface area contributed by atoms with Crippen molar-refractivity contribution in [3.8, 4) is 0 Å². The molecule has 0 aromatic carbocycles. The first-order valence-corrected chi connectivity index (χ1v) is 5.88. The van der Waals surface area contributed by atoms with Crippen molar-refractivity contribution >= 4 is 17.5 Å². The molecule has 3 nitrogen and oxygen atoms in total. The Morgan fingerprint density at radius 2 is 2.64 bits per heavy atom. The third-order valence-corrected chi connectivity index (χ3v) is 3.30. The second-order valence-electron chi connectivity index (χ2n) is 3.30. The molecule has 1 fully saturated rings. The predicted molar refractivity (Wildman–Crippen MR) is 56.5 cm³/mol. The van der Waals surface area contributed by atoms with Crippen molar-refractivity contribution in [1.82, 2.24) is 5.32 Å². The van der Waals surface area contributed by atoms with Crippen LogP contribution in [0.25, 0.3) is 0 Å². The van der Waals surface area contributed by atoms with Crippen molar-refractivity contribution in [2.24, 2.45) is 0 Å². The van der Waals surface area contributed by atoms with Gasteiger partial charge >= 0.3 is 0 Å². The van der Waals surface area contributed by atoms with Crippen LogP contribution in [0.1, 0.15) is 5.76 Å². The molecular formula is C10H13NO2S. The largest absolute Gasteiger partial charge is 0.469 e. The zero-order valence-electron chi connectivity index (χ0n) is 7.86. The van der Waals surface area contributed by atoms with Gasteiger partial charge in [0.25, 0.3) is 0 Å². The minimum atomic E-state index is 0.0128. The Morgan fingerprint density at radius 1 is 1.71 bits per heavy atom. The van der Waals surface area contributed by atoms with Crippen LogP contribution >= 0.6 is 11.8 Å². The number of carbonyl (C=O) groups excluding carboxylic acids is 1. The van der Waals surface area contributed by atoms with E-state index in [9.17, 15) is 4.79 Å². The van der Waals surface area contributed by atoms with Crippen molar-refractivity contribution in [2.45, 2.75) is 12.5 Å². The van der Waals surface area contributed by atoms with E-state index in [1.165, 1.54) is 0 Å². The first kappa shape index (κ1) is 9.80. The van der Waals surface area contributed by atoms with E-state index in [2.05, 4.69) is 5.32 Å². The fourth-order valence-electron chi connectivity index (χ4n) is 1.48. The van der Waals surface area contributed by atoms with E-state index in [0.29, 0.717) is 6.42 Å². The molecule has 1 aromatic heterocycles. The zero-order valence-corrected chi connectivity index (χ0v) is 8.68. The van der Waals surface area contributed by atoms with Crippen LogP contribution in [0, 0.1) is 0 Å². The molecule has 0 saturated carbocycles. The normalized spacial score (nSPS) is 22.1. The molecule has 4 heteroatoms. The highest BCUT2D eigenvalue weighted by molar-refractivity contribution is 7.99. The lowest BCUT2D eigenvalue weighted by Gasteiger charge is -2.21. The highest BCUT2D eigenvalue weighted by atomic mass is 32.2. The molecule has 0 aliphatic carbocycles. The van der Waals surface area contributed by atoms with E-state index in [0.717, 1.165) is 23.8 Å². The molecule has 2 rings (SSSR count). The number of rotatable bonds is 3. The number of ketones is 1. The molecule has 2 heterocycles. The van der Waals surface area contributed by atoms with Gasteiger partial charge < -0.3 is 9.73 Å². The van der Waals surface area contributed by atoms with Gasteiger partial charge in [0.2, 0.25) is 0 Å². The molecule has 1 unspecified atom stereocenters. The number of carbonyl (C=O) groups is 1. The van der Waals surface area contributed by atoms with Crippen LogP contribution in [-0.4, -0.2) is 29.9 Å². The number of nitrogens with one attached hydrogen (secondary N) is 1. The molecular weight excluding hydrogens is 198 g/mol. The van der Waals surface area contributed by atoms with Crippen molar-refractivity contribution in [1.29, 1.82) is 0 Å². The van der Waals surface area contributed by atoms with Crippen LogP contribution in [-0.2, 0) is 11.2 Å². The maximum Gasteiger partial charge on any atom is 0.158 e. The Labute approximate surface area is 87.2 Å². The van der Waals surface area contributed by atoms with Gasteiger partial charge in [-0.3, -0.25) is 4.79 Å². The topological polar surface area (TPSA) is 42.2 Å². The van der Waals surface area contributed by atoms with Gasteiger partial charge in [-0.1, -0.05) is 0 Å². The second kappa shape index (κ2) is 4.66. The van der Waals surface area contributed by atoms with E-state index >= 15 is 0 Å². The molecule has 1 saturated heterocycles. The summed E-state index contributed by atoms with van der Waals surface area (Å²) in [5.74, 6) is 2.98. The second-order valence-corrected chi connectivity index (χ2v) is 4.45. The van der Waals surface area contributed by atoms with Crippen molar-refractivity contribution < 1.29 is 9.21 Å². The zero-order chi connectivity index (χ0) is 9.80. The predicted octanol–water partition coefficient (Wildman–Crippen LogP) is 1.10. The number of hydrogen-bond donors (Lipinski definition) is 1. The summed E-state index contributed by atoms with van der Waals surface area (Å²) in [6.45, 7) is 0.930. The highest BCUT2D eigenvalue weighted by Crippen LogP contribution is 2.11. The van der Waals surface area contributed by atoms with Gasteiger partial charge in [-0.05, 0) is 12.1 Å². The molecule has 76 valence electrons. The molecule has 1 aromatic rings. The third kappa shape index (κ3) is 2.39. The summed E-state index contributed by atoms with van der Waals surface area (Å²) in [4.78, 5) is 11.7. The average molecular weight is 211 g/mol. The molecule has 1 aliphatic rings. The molecule has 1 aliphatic heterocycles. The van der Waals surface area contributed by atoms with Gasteiger partial charge in [0.05, 0.1) is 18.7 Å². The van der Waals surface area contributed by atoms with Gasteiger partial charge in [-0.15, -0.1) is 0 Å². The molecule has 0 radical (unpaired) electrons. The van der Waals surface area contributed by atoms with Crippen LogP contribution in [0.2, 0.25) is 0 Å². The Hall–Kier alpha value is -0.740. The van der Waals surface area contributed by atoms with Crippen molar-refractivity contribution in [3.63, 3.8) is 0 Å². The maximum absolute atomic E-state index is 11.7. The van der Waals surface area contributed by atoms with Crippen molar-refractivity contribution in [2.75, 3.05) is 18.1 Å². The lowest BCUT2D eigenvalue weighted by atomic mass is 10.1. The SMILES string of the molecule is O=C(Cc1ccco1)C1CSCCN1. The Balaban J connectivity index is 1.88. The van der Waals surface area contributed by atoms with Crippen molar-refractivity contribution in [3.05, 3.63) is 24.2 Å².